The van der Waals surface area contributed by atoms with Gasteiger partial charge in [0.25, 0.3) is 0 Å². The minimum Gasteiger partial charge on any atom is -0.324 e. The molecule has 3 saturated heterocycles. The molecule has 4 heterocycles. The van der Waals surface area contributed by atoms with Crippen LogP contribution in [-0.2, 0) is 26.5 Å². The normalized spacial score (nSPS) is 32.0. The van der Waals surface area contributed by atoms with Gasteiger partial charge in [-0.05, 0) is 43.1 Å². The summed E-state index contributed by atoms with van der Waals surface area (Å²) in [5.41, 5.74) is 1.35. The Morgan fingerprint density at radius 1 is 1.07 bits per heavy atom. The van der Waals surface area contributed by atoms with E-state index >= 15 is 0 Å². The van der Waals surface area contributed by atoms with Crippen molar-refractivity contribution in [3.05, 3.63) is 64.1 Å². The number of anilines is 1. The molecule has 6 nitrogen and oxygen atoms in total. The Balaban J connectivity index is 1.50. The van der Waals surface area contributed by atoms with E-state index in [0.29, 0.717) is 0 Å². The molecule has 152 valence electrons. The van der Waals surface area contributed by atoms with Crippen LogP contribution in [0.5, 0.6) is 0 Å². The Morgan fingerprint density at radius 3 is 2.67 bits per heavy atom. The van der Waals surface area contributed by atoms with Crippen LogP contribution in [0.4, 0.5) is 5.69 Å². The van der Waals surface area contributed by atoms with Crippen molar-refractivity contribution in [1.29, 1.82) is 0 Å². The molecule has 1 N–H and O–H groups in total. The zero-order valence-corrected chi connectivity index (χ0v) is 17.8. The molecule has 0 saturated carbocycles. The second-order valence-corrected chi connectivity index (χ2v) is 9.48. The first-order valence-corrected chi connectivity index (χ1v) is 11.1. The molecule has 1 spiro atoms. The van der Waals surface area contributed by atoms with Crippen LogP contribution in [0.25, 0.3) is 0 Å². The Labute approximate surface area is 182 Å². The number of imide groups is 1. The topological polar surface area (TPSA) is 69.7 Å². The molecule has 30 heavy (non-hydrogen) atoms. The largest absolute Gasteiger partial charge is 0.324 e. The summed E-state index contributed by atoms with van der Waals surface area (Å²) in [5.74, 6) is -1.71. The van der Waals surface area contributed by atoms with E-state index in [9.17, 15) is 14.4 Å². The molecule has 3 fully saturated rings. The standard InChI is InChI=1S/C23H20BrN3O3/c24-14-8-9-16-15(11-14)23(22(30)25-16)19-18(17-7-4-10-27(17)23)20(28)26(21(19)29)12-13-5-2-1-3-6-13/h1-3,5-6,8-9,11,17-19H,4,7,10,12H2,(H,25,30)/t17-,18-,19-,23+/m0/s1. The van der Waals surface area contributed by atoms with Crippen LogP contribution in [0.15, 0.2) is 53.0 Å². The number of halogens is 1. The van der Waals surface area contributed by atoms with E-state index in [-0.39, 0.29) is 30.3 Å². The fraction of sp³-hybridized carbons (Fsp3) is 0.348. The maximum absolute atomic E-state index is 13.7. The number of hydrogen-bond acceptors (Lipinski definition) is 4. The molecule has 0 aromatic heterocycles. The molecular weight excluding hydrogens is 446 g/mol. The maximum Gasteiger partial charge on any atom is 0.250 e. The third-order valence-electron chi connectivity index (χ3n) is 7.23. The van der Waals surface area contributed by atoms with E-state index < -0.39 is 17.4 Å². The molecule has 6 rings (SSSR count). The SMILES string of the molecule is O=C1[C@@H]2[C@@H](C(=O)N1Cc1ccccc1)[C@]1(C(=O)Nc3ccc(Br)cc31)N1CCC[C@@H]21. The minimum atomic E-state index is -1.11. The van der Waals surface area contributed by atoms with Crippen LogP contribution in [0.1, 0.15) is 24.0 Å². The highest BCUT2D eigenvalue weighted by molar-refractivity contribution is 9.10. The van der Waals surface area contributed by atoms with Crippen molar-refractivity contribution in [3.63, 3.8) is 0 Å². The van der Waals surface area contributed by atoms with Crippen molar-refractivity contribution in [3.8, 4) is 0 Å². The monoisotopic (exact) mass is 465 g/mol. The molecule has 0 bridgehead atoms. The Hall–Kier alpha value is -2.51. The van der Waals surface area contributed by atoms with Gasteiger partial charge in [-0.2, -0.15) is 0 Å². The van der Waals surface area contributed by atoms with Crippen molar-refractivity contribution in [2.45, 2.75) is 31.0 Å². The summed E-state index contributed by atoms with van der Waals surface area (Å²) in [5, 5.41) is 3.00. The van der Waals surface area contributed by atoms with Gasteiger partial charge in [-0.3, -0.25) is 24.2 Å². The average Bonchev–Trinajstić information content (AvgIpc) is 3.44. The van der Waals surface area contributed by atoms with Crippen molar-refractivity contribution >= 4 is 39.3 Å². The Morgan fingerprint density at radius 2 is 1.87 bits per heavy atom. The second kappa shape index (κ2) is 6.25. The van der Waals surface area contributed by atoms with Gasteiger partial charge in [0.05, 0.1) is 18.4 Å². The van der Waals surface area contributed by atoms with Gasteiger partial charge < -0.3 is 5.32 Å². The fourth-order valence-electron chi connectivity index (χ4n) is 6.16. The molecule has 4 atom stereocenters. The number of amides is 3. The number of rotatable bonds is 2. The zero-order chi connectivity index (χ0) is 20.6. The smallest absolute Gasteiger partial charge is 0.250 e. The van der Waals surface area contributed by atoms with Crippen LogP contribution in [0, 0.1) is 11.8 Å². The van der Waals surface area contributed by atoms with Gasteiger partial charge in [-0.1, -0.05) is 46.3 Å². The number of hydrogen-bond donors (Lipinski definition) is 1. The van der Waals surface area contributed by atoms with Crippen molar-refractivity contribution < 1.29 is 14.4 Å². The number of benzene rings is 2. The van der Waals surface area contributed by atoms with Gasteiger partial charge in [0.1, 0.15) is 5.54 Å². The number of fused-ring (bicyclic) bond motifs is 7. The highest BCUT2D eigenvalue weighted by atomic mass is 79.9. The fourth-order valence-corrected chi connectivity index (χ4v) is 6.52. The number of carbonyl (C=O) groups excluding carboxylic acids is 3. The van der Waals surface area contributed by atoms with Crippen molar-refractivity contribution in [2.24, 2.45) is 11.8 Å². The van der Waals surface area contributed by atoms with Gasteiger partial charge in [0.2, 0.25) is 17.7 Å². The van der Waals surface area contributed by atoms with Gasteiger partial charge in [0.15, 0.2) is 0 Å². The van der Waals surface area contributed by atoms with E-state index in [2.05, 4.69) is 26.1 Å². The molecule has 4 aliphatic rings. The highest BCUT2D eigenvalue weighted by Crippen LogP contribution is 2.60. The molecule has 0 aliphatic carbocycles. The highest BCUT2D eigenvalue weighted by Gasteiger charge is 2.74. The van der Waals surface area contributed by atoms with E-state index in [1.54, 1.807) is 0 Å². The van der Waals surface area contributed by atoms with Gasteiger partial charge >= 0.3 is 0 Å². The summed E-state index contributed by atoms with van der Waals surface area (Å²) >= 11 is 3.52. The van der Waals surface area contributed by atoms with E-state index in [1.807, 2.05) is 48.5 Å². The number of nitrogens with zero attached hydrogens (tertiary/aromatic N) is 2. The van der Waals surface area contributed by atoms with Crippen LogP contribution < -0.4 is 5.32 Å². The lowest BCUT2D eigenvalue weighted by Gasteiger charge is -2.36. The minimum absolute atomic E-state index is 0.0806. The maximum atomic E-state index is 13.7. The molecule has 4 aliphatic heterocycles. The summed E-state index contributed by atoms with van der Waals surface area (Å²) in [6.45, 7) is 0.970. The molecule has 0 radical (unpaired) electrons. The van der Waals surface area contributed by atoms with E-state index in [1.165, 1.54) is 4.90 Å². The van der Waals surface area contributed by atoms with Crippen LogP contribution >= 0.6 is 15.9 Å². The first-order chi connectivity index (χ1) is 14.5. The predicted molar refractivity (Wildman–Crippen MR) is 113 cm³/mol. The molecule has 2 aromatic rings. The van der Waals surface area contributed by atoms with Gasteiger partial charge in [-0.15, -0.1) is 0 Å². The first kappa shape index (κ1) is 18.3. The van der Waals surface area contributed by atoms with Gasteiger partial charge in [-0.25, -0.2) is 0 Å². The number of carbonyl (C=O) groups is 3. The number of nitrogens with one attached hydrogen (secondary N) is 1. The first-order valence-electron chi connectivity index (χ1n) is 10.3. The third-order valence-corrected chi connectivity index (χ3v) is 7.72. The summed E-state index contributed by atoms with van der Waals surface area (Å²) in [6, 6.07) is 15.2. The Bertz CT molecular complexity index is 1100. The molecule has 7 heteroatoms. The lowest BCUT2D eigenvalue weighted by molar-refractivity contribution is -0.146. The molecule has 3 amide bonds. The third kappa shape index (κ3) is 2.14. The predicted octanol–water partition coefficient (Wildman–Crippen LogP) is 2.88. The van der Waals surface area contributed by atoms with Crippen molar-refractivity contribution in [2.75, 3.05) is 11.9 Å². The van der Waals surface area contributed by atoms with Crippen LogP contribution in [0.2, 0.25) is 0 Å². The quantitative estimate of drug-likeness (QED) is 0.692. The van der Waals surface area contributed by atoms with Gasteiger partial charge in [0, 0.05) is 21.8 Å². The van der Waals surface area contributed by atoms with Crippen molar-refractivity contribution in [1.82, 2.24) is 9.80 Å². The summed E-state index contributed by atoms with van der Waals surface area (Å²) in [6.07, 6.45) is 1.75. The second-order valence-electron chi connectivity index (χ2n) is 8.57. The molecule has 0 unspecified atom stereocenters. The molecule has 2 aromatic carbocycles. The zero-order valence-electron chi connectivity index (χ0n) is 16.2. The average molecular weight is 466 g/mol. The van der Waals surface area contributed by atoms with Crippen LogP contribution in [-0.4, -0.2) is 40.1 Å². The lowest BCUT2D eigenvalue weighted by Crippen LogP contribution is -2.54. The van der Waals surface area contributed by atoms with Crippen LogP contribution in [0.3, 0.4) is 0 Å². The summed E-state index contributed by atoms with van der Waals surface area (Å²) in [7, 11) is 0. The summed E-state index contributed by atoms with van der Waals surface area (Å²) < 4.78 is 0.856. The Kier molecular flexibility index (Phi) is 3.81. The lowest BCUT2D eigenvalue weighted by atomic mass is 9.75. The molecular formula is C23H20BrN3O3. The van der Waals surface area contributed by atoms with E-state index in [4.69, 9.17) is 0 Å². The summed E-state index contributed by atoms with van der Waals surface area (Å²) in [4.78, 5) is 44.3. The number of likely N-dealkylation sites (tertiary alicyclic amines) is 1. The van der Waals surface area contributed by atoms with E-state index in [0.717, 1.165) is 40.7 Å².